The molecule has 0 heterocycles. The van der Waals surface area contributed by atoms with Crippen LogP contribution in [0.5, 0.6) is 0 Å². The molecule has 0 aliphatic heterocycles. The first-order chi connectivity index (χ1) is 5.26. The van der Waals surface area contributed by atoms with Crippen LogP contribution >= 0.6 is 0 Å². The summed E-state index contributed by atoms with van der Waals surface area (Å²) in [5.74, 6) is 0. The van der Waals surface area contributed by atoms with Gasteiger partial charge in [-0.3, -0.25) is 0 Å². The van der Waals surface area contributed by atoms with Gasteiger partial charge in [-0.25, -0.2) is 0 Å². The highest BCUT2D eigenvalue weighted by Gasteiger charge is 2.06. The molecule has 0 saturated carbocycles. The van der Waals surface area contributed by atoms with Crippen LogP contribution in [-0.2, 0) is 0 Å². The van der Waals surface area contributed by atoms with E-state index in [1.54, 1.807) is 0 Å². The molecule has 0 bridgehead atoms. The second-order valence-corrected chi connectivity index (χ2v) is 3.00. The average molecular weight is 155 g/mol. The van der Waals surface area contributed by atoms with Gasteiger partial charge in [-0.05, 0) is 26.0 Å². The van der Waals surface area contributed by atoms with E-state index < -0.39 is 0 Å². The zero-order valence-electron chi connectivity index (χ0n) is 8.30. The monoisotopic (exact) mass is 155 g/mol. The van der Waals surface area contributed by atoms with Crippen molar-refractivity contribution in [2.45, 2.75) is 46.1 Å². The van der Waals surface area contributed by atoms with Gasteiger partial charge in [0.15, 0.2) is 0 Å². The van der Waals surface area contributed by atoms with Crippen LogP contribution in [0, 0.1) is 0 Å². The number of rotatable bonds is 5. The summed E-state index contributed by atoms with van der Waals surface area (Å²) in [6, 6.07) is 0.733. The number of hydrogen-bond donors (Lipinski definition) is 0. The summed E-state index contributed by atoms with van der Waals surface area (Å²) in [6.45, 7) is 6.56. The highest BCUT2D eigenvalue weighted by Crippen LogP contribution is 2.08. The molecule has 66 valence electrons. The van der Waals surface area contributed by atoms with E-state index in [-0.39, 0.29) is 0 Å². The molecule has 1 atom stereocenters. The lowest BCUT2D eigenvalue weighted by atomic mass is 10.1. The Labute approximate surface area is 71.1 Å². The summed E-state index contributed by atoms with van der Waals surface area (Å²) in [4.78, 5) is 2.31. The predicted octanol–water partition coefficient (Wildman–Crippen LogP) is 3.03. The molecule has 0 saturated heterocycles. The first-order valence-electron chi connectivity index (χ1n) is 4.61. The van der Waals surface area contributed by atoms with Gasteiger partial charge in [0.25, 0.3) is 0 Å². The van der Waals surface area contributed by atoms with Gasteiger partial charge in [0.2, 0.25) is 0 Å². The number of hydrogen-bond acceptors (Lipinski definition) is 1. The molecule has 0 aromatic rings. The Morgan fingerprint density at radius 3 is 2.36 bits per heavy atom. The third-order valence-electron chi connectivity index (χ3n) is 2.05. The lowest BCUT2D eigenvalue weighted by Crippen LogP contribution is -2.25. The lowest BCUT2D eigenvalue weighted by molar-refractivity contribution is 0.301. The molecule has 1 unspecified atom stereocenters. The molecule has 0 aromatic carbocycles. The van der Waals surface area contributed by atoms with E-state index in [2.05, 4.69) is 45.0 Å². The summed E-state index contributed by atoms with van der Waals surface area (Å²) in [5.41, 5.74) is 0. The van der Waals surface area contributed by atoms with Gasteiger partial charge in [-0.2, -0.15) is 0 Å². The minimum Gasteiger partial charge on any atom is -0.378 e. The Morgan fingerprint density at radius 1 is 1.36 bits per heavy atom. The number of nitrogens with zero attached hydrogens (tertiary/aromatic N) is 1. The van der Waals surface area contributed by atoms with Gasteiger partial charge in [0.1, 0.15) is 0 Å². The van der Waals surface area contributed by atoms with Crippen molar-refractivity contribution in [2.75, 3.05) is 7.05 Å². The molecular weight excluding hydrogens is 134 g/mol. The molecule has 1 heteroatoms. The van der Waals surface area contributed by atoms with Crippen LogP contribution in [0.1, 0.15) is 40.0 Å². The van der Waals surface area contributed by atoms with Crippen LogP contribution in [0.2, 0.25) is 0 Å². The van der Waals surface area contributed by atoms with Crippen LogP contribution in [0.4, 0.5) is 0 Å². The molecule has 0 aromatic heterocycles. The van der Waals surface area contributed by atoms with Crippen molar-refractivity contribution in [2.24, 2.45) is 0 Å². The van der Waals surface area contributed by atoms with Crippen LogP contribution < -0.4 is 0 Å². The molecule has 0 fully saturated rings. The second-order valence-electron chi connectivity index (χ2n) is 3.00. The van der Waals surface area contributed by atoms with E-state index in [0.717, 1.165) is 6.04 Å². The summed E-state index contributed by atoms with van der Waals surface area (Å²) < 4.78 is 0. The summed E-state index contributed by atoms with van der Waals surface area (Å²) >= 11 is 0. The van der Waals surface area contributed by atoms with E-state index in [1.807, 2.05) is 0 Å². The van der Waals surface area contributed by atoms with E-state index in [9.17, 15) is 0 Å². The van der Waals surface area contributed by atoms with Gasteiger partial charge in [0.05, 0.1) is 0 Å². The topological polar surface area (TPSA) is 3.24 Å². The van der Waals surface area contributed by atoms with Gasteiger partial charge in [-0.1, -0.05) is 26.3 Å². The van der Waals surface area contributed by atoms with Gasteiger partial charge in [-0.15, -0.1) is 0 Å². The quantitative estimate of drug-likeness (QED) is 0.590. The van der Waals surface area contributed by atoms with Crippen LogP contribution in [-0.4, -0.2) is 18.0 Å². The highest BCUT2D eigenvalue weighted by molar-refractivity contribution is 4.80. The molecular formula is C10H21N. The maximum atomic E-state index is 2.31. The van der Waals surface area contributed by atoms with Gasteiger partial charge < -0.3 is 4.90 Å². The van der Waals surface area contributed by atoms with Crippen molar-refractivity contribution in [3.05, 3.63) is 12.3 Å². The lowest BCUT2D eigenvalue weighted by Gasteiger charge is -2.25. The van der Waals surface area contributed by atoms with E-state index in [1.165, 1.54) is 19.3 Å². The third kappa shape index (κ3) is 4.07. The van der Waals surface area contributed by atoms with Gasteiger partial charge in [0, 0.05) is 13.1 Å². The van der Waals surface area contributed by atoms with E-state index in [0.29, 0.717) is 0 Å². The molecule has 0 N–H and O–H groups in total. The Kier molecular flexibility index (Phi) is 6.00. The standard InChI is InChI=1S/C10H21N/c1-5-8-10(7-3)11(4)9-6-2/h6,9-10H,5,7-8H2,1-4H3/b9-6-. The minimum atomic E-state index is 0.733. The Bertz CT molecular complexity index is 107. The fourth-order valence-corrected chi connectivity index (χ4v) is 1.39. The maximum Gasteiger partial charge on any atom is 0.0278 e. The van der Waals surface area contributed by atoms with Crippen molar-refractivity contribution >= 4 is 0 Å². The smallest absolute Gasteiger partial charge is 0.0278 e. The predicted molar refractivity (Wildman–Crippen MR) is 51.6 cm³/mol. The molecule has 0 rings (SSSR count). The zero-order valence-corrected chi connectivity index (χ0v) is 8.30. The van der Waals surface area contributed by atoms with E-state index >= 15 is 0 Å². The second kappa shape index (κ2) is 6.26. The van der Waals surface area contributed by atoms with Crippen molar-refractivity contribution in [1.82, 2.24) is 4.90 Å². The first-order valence-corrected chi connectivity index (χ1v) is 4.61. The largest absolute Gasteiger partial charge is 0.378 e. The van der Waals surface area contributed by atoms with Crippen LogP contribution in [0.3, 0.4) is 0 Å². The molecule has 11 heavy (non-hydrogen) atoms. The van der Waals surface area contributed by atoms with Crippen molar-refractivity contribution in [3.8, 4) is 0 Å². The van der Waals surface area contributed by atoms with E-state index in [4.69, 9.17) is 0 Å². The third-order valence-corrected chi connectivity index (χ3v) is 2.05. The van der Waals surface area contributed by atoms with Crippen LogP contribution in [0.15, 0.2) is 12.3 Å². The van der Waals surface area contributed by atoms with Crippen molar-refractivity contribution < 1.29 is 0 Å². The molecule has 0 aliphatic rings. The minimum absolute atomic E-state index is 0.733. The molecule has 0 spiro atoms. The molecule has 0 radical (unpaired) electrons. The van der Waals surface area contributed by atoms with Crippen molar-refractivity contribution in [1.29, 1.82) is 0 Å². The van der Waals surface area contributed by atoms with Crippen molar-refractivity contribution in [3.63, 3.8) is 0 Å². The normalized spacial score (nSPS) is 13.8. The summed E-state index contributed by atoms with van der Waals surface area (Å²) in [6.07, 6.45) is 8.08. The number of allylic oxidation sites excluding steroid dienone is 1. The molecule has 0 aliphatic carbocycles. The Balaban J connectivity index is 3.80. The SMILES string of the molecule is C/C=C\N(C)C(CC)CCC. The Morgan fingerprint density at radius 2 is 2.00 bits per heavy atom. The molecule has 1 nitrogen and oxygen atoms in total. The average Bonchev–Trinajstić information content (AvgIpc) is 2.00. The zero-order chi connectivity index (χ0) is 8.69. The summed E-state index contributed by atoms with van der Waals surface area (Å²) in [5, 5.41) is 0. The van der Waals surface area contributed by atoms with Crippen LogP contribution in [0.25, 0.3) is 0 Å². The first kappa shape index (κ1) is 10.5. The fraction of sp³-hybridized carbons (Fsp3) is 0.800. The molecule has 0 amide bonds. The highest BCUT2D eigenvalue weighted by atomic mass is 15.1. The Hall–Kier alpha value is -0.460. The fourth-order valence-electron chi connectivity index (χ4n) is 1.39. The van der Waals surface area contributed by atoms with Gasteiger partial charge >= 0.3 is 0 Å². The maximum absolute atomic E-state index is 2.31. The summed E-state index contributed by atoms with van der Waals surface area (Å²) in [7, 11) is 2.16.